The van der Waals surface area contributed by atoms with E-state index in [0.29, 0.717) is 19.0 Å². The van der Waals surface area contributed by atoms with E-state index in [1.54, 1.807) is 0 Å². The molecular weight excluding hydrogens is 360 g/mol. The molecule has 1 aromatic carbocycles. The summed E-state index contributed by atoms with van der Waals surface area (Å²) in [5, 5.41) is 10.9. The number of rotatable bonds is 6. The number of carbonyl (C=O) groups is 1. The summed E-state index contributed by atoms with van der Waals surface area (Å²) in [6, 6.07) is 13.2. The Kier molecular flexibility index (Phi) is 4.87. The normalized spacial score (nSPS) is 10.7. The number of ether oxygens (including phenoxy) is 1. The number of aromatic nitrogens is 3. The number of hydrogen-bond donors (Lipinski definition) is 1. The third kappa shape index (κ3) is 4.07. The summed E-state index contributed by atoms with van der Waals surface area (Å²) in [5.74, 6) is 1.34. The molecule has 0 spiro atoms. The van der Waals surface area contributed by atoms with Gasteiger partial charge < -0.3 is 10.1 Å². The fourth-order valence-electron chi connectivity index (χ4n) is 2.10. The molecule has 118 valence electrons. The fourth-order valence-corrected chi connectivity index (χ4v) is 2.47. The number of hydrogen-bond acceptors (Lipinski definition) is 4. The molecule has 0 aliphatic heterocycles. The Labute approximate surface area is 141 Å². The number of fused-ring (bicyclic) bond motifs is 1. The van der Waals surface area contributed by atoms with E-state index in [1.165, 1.54) is 0 Å². The van der Waals surface area contributed by atoms with E-state index in [1.807, 2.05) is 53.1 Å². The second kappa shape index (κ2) is 7.23. The van der Waals surface area contributed by atoms with Crippen molar-refractivity contribution in [2.75, 3.05) is 6.61 Å². The Hall–Kier alpha value is -2.41. The van der Waals surface area contributed by atoms with Gasteiger partial charge in [0.05, 0.1) is 19.6 Å². The highest BCUT2D eigenvalue weighted by atomic mass is 79.9. The van der Waals surface area contributed by atoms with Gasteiger partial charge >= 0.3 is 0 Å². The van der Waals surface area contributed by atoms with Gasteiger partial charge in [0, 0.05) is 10.7 Å². The molecule has 0 radical (unpaired) electrons. The van der Waals surface area contributed by atoms with E-state index in [4.69, 9.17) is 4.74 Å². The van der Waals surface area contributed by atoms with Gasteiger partial charge in [0.15, 0.2) is 11.5 Å². The smallest absolute Gasteiger partial charge is 0.223 e. The van der Waals surface area contributed by atoms with Gasteiger partial charge in [-0.2, -0.15) is 0 Å². The maximum atomic E-state index is 11.9. The van der Waals surface area contributed by atoms with Crippen molar-refractivity contribution in [3.05, 3.63) is 59.0 Å². The van der Waals surface area contributed by atoms with Crippen LogP contribution in [0.4, 0.5) is 0 Å². The predicted octanol–water partition coefficient (Wildman–Crippen LogP) is 2.58. The number of amides is 1. The van der Waals surface area contributed by atoms with Crippen LogP contribution in [0.2, 0.25) is 0 Å². The second-order valence-electron chi connectivity index (χ2n) is 4.88. The standard InChI is InChI=1S/C16H15BrN4O2/c17-12-4-3-5-13(10-12)23-9-7-16(22)18-11-15-20-19-14-6-1-2-8-21(14)15/h1-6,8,10H,7,9,11H2,(H,18,22). The Balaban J connectivity index is 1.46. The Morgan fingerprint density at radius 3 is 3.00 bits per heavy atom. The number of nitrogens with zero attached hydrogens (tertiary/aromatic N) is 3. The first-order chi connectivity index (χ1) is 11.2. The van der Waals surface area contributed by atoms with E-state index < -0.39 is 0 Å². The number of benzene rings is 1. The van der Waals surface area contributed by atoms with Crippen molar-refractivity contribution < 1.29 is 9.53 Å². The van der Waals surface area contributed by atoms with Crippen molar-refractivity contribution in [3.63, 3.8) is 0 Å². The first-order valence-electron chi connectivity index (χ1n) is 7.16. The van der Waals surface area contributed by atoms with Gasteiger partial charge in [-0.05, 0) is 30.3 Å². The van der Waals surface area contributed by atoms with Crippen LogP contribution < -0.4 is 10.1 Å². The highest BCUT2D eigenvalue weighted by molar-refractivity contribution is 9.10. The Morgan fingerprint density at radius 2 is 2.13 bits per heavy atom. The first-order valence-corrected chi connectivity index (χ1v) is 7.95. The molecule has 1 N–H and O–H groups in total. The molecule has 3 rings (SSSR count). The van der Waals surface area contributed by atoms with Gasteiger partial charge in [-0.3, -0.25) is 9.20 Å². The first kappa shape index (κ1) is 15.5. The average molecular weight is 375 g/mol. The molecule has 0 aliphatic carbocycles. The topological polar surface area (TPSA) is 68.5 Å². The lowest BCUT2D eigenvalue weighted by molar-refractivity contribution is -0.121. The minimum atomic E-state index is -0.0901. The zero-order chi connectivity index (χ0) is 16.1. The van der Waals surface area contributed by atoms with Crippen LogP contribution >= 0.6 is 15.9 Å². The number of halogens is 1. The quantitative estimate of drug-likeness (QED) is 0.719. The lowest BCUT2D eigenvalue weighted by Crippen LogP contribution is -2.25. The fraction of sp³-hybridized carbons (Fsp3) is 0.188. The van der Waals surface area contributed by atoms with Crippen LogP contribution in [-0.4, -0.2) is 27.1 Å². The van der Waals surface area contributed by atoms with Gasteiger partial charge in [0.25, 0.3) is 0 Å². The Morgan fingerprint density at radius 1 is 1.22 bits per heavy atom. The largest absolute Gasteiger partial charge is 0.493 e. The van der Waals surface area contributed by atoms with E-state index in [0.717, 1.165) is 15.9 Å². The molecule has 0 unspecified atom stereocenters. The van der Waals surface area contributed by atoms with Crippen molar-refractivity contribution in [3.8, 4) is 5.75 Å². The minimum absolute atomic E-state index is 0.0901. The Bertz CT molecular complexity index is 818. The van der Waals surface area contributed by atoms with Gasteiger partial charge in [-0.1, -0.05) is 28.1 Å². The highest BCUT2D eigenvalue weighted by Gasteiger charge is 2.07. The van der Waals surface area contributed by atoms with Crippen LogP contribution in [0.5, 0.6) is 5.75 Å². The monoisotopic (exact) mass is 374 g/mol. The molecule has 7 heteroatoms. The van der Waals surface area contributed by atoms with Crippen LogP contribution in [0.3, 0.4) is 0 Å². The molecule has 6 nitrogen and oxygen atoms in total. The summed E-state index contributed by atoms with van der Waals surface area (Å²) in [7, 11) is 0. The molecule has 0 saturated heterocycles. The molecule has 2 aromatic heterocycles. The van der Waals surface area contributed by atoms with E-state index >= 15 is 0 Å². The van der Waals surface area contributed by atoms with Crippen molar-refractivity contribution in [2.24, 2.45) is 0 Å². The van der Waals surface area contributed by atoms with Gasteiger partial charge in [0.2, 0.25) is 5.91 Å². The second-order valence-corrected chi connectivity index (χ2v) is 5.79. The number of carbonyl (C=O) groups excluding carboxylic acids is 1. The van der Waals surface area contributed by atoms with Crippen molar-refractivity contribution in [1.29, 1.82) is 0 Å². The van der Waals surface area contributed by atoms with Crippen LogP contribution in [-0.2, 0) is 11.3 Å². The predicted molar refractivity (Wildman–Crippen MR) is 89.1 cm³/mol. The van der Waals surface area contributed by atoms with Gasteiger partial charge in [-0.15, -0.1) is 10.2 Å². The maximum Gasteiger partial charge on any atom is 0.223 e. The lowest BCUT2D eigenvalue weighted by Gasteiger charge is -2.07. The third-order valence-corrected chi connectivity index (χ3v) is 3.72. The summed E-state index contributed by atoms with van der Waals surface area (Å²) < 4.78 is 8.33. The van der Waals surface area contributed by atoms with Crippen LogP contribution in [0.15, 0.2) is 53.1 Å². The molecule has 0 atom stereocenters. The summed E-state index contributed by atoms with van der Waals surface area (Å²) >= 11 is 3.38. The lowest BCUT2D eigenvalue weighted by atomic mass is 10.3. The molecular formula is C16H15BrN4O2. The molecule has 0 fully saturated rings. The van der Waals surface area contributed by atoms with Crippen molar-refractivity contribution in [1.82, 2.24) is 19.9 Å². The SMILES string of the molecule is O=C(CCOc1cccc(Br)c1)NCc1nnc2ccccn12. The average Bonchev–Trinajstić information content (AvgIpc) is 2.96. The molecule has 0 saturated carbocycles. The molecule has 0 aliphatic rings. The van der Waals surface area contributed by atoms with Crippen LogP contribution in [0.1, 0.15) is 12.2 Å². The zero-order valence-corrected chi connectivity index (χ0v) is 13.9. The molecule has 2 heterocycles. The number of nitrogens with one attached hydrogen (secondary N) is 1. The number of pyridine rings is 1. The van der Waals surface area contributed by atoms with Crippen molar-refractivity contribution >= 4 is 27.5 Å². The third-order valence-electron chi connectivity index (χ3n) is 3.22. The summed E-state index contributed by atoms with van der Waals surface area (Å²) in [5.41, 5.74) is 0.759. The molecule has 3 aromatic rings. The van der Waals surface area contributed by atoms with E-state index in [2.05, 4.69) is 31.4 Å². The maximum absolute atomic E-state index is 11.9. The van der Waals surface area contributed by atoms with E-state index in [-0.39, 0.29) is 12.3 Å². The summed E-state index contributed by atoms with van der Waals surface area (Å²) in [4.78, 5) is 11.9. The summed E-state index contributed by atoms with van der Waals surface area (Å²) in [6.45, 7) is 0.657. The van der Waals surface area contributed by atoms with Gasteiger partial charge in [-0.25, -0.2) is 0 Å². The zero-order valence-electron chi connectivity index (χ0n) is 12.3. The minimum Gasteiger partial charge on any atom is -0.493 e. The highest BCUT2D eigenvalue weighted by Crippen LogP contribution is 2.17. The molecule has 0 bridgehead atoms. The van der Waals surface area contributed by atoms with Crippen molar-refractivity contribution in [2.45, 2.75) is 13.0 Å². The van der Waals surface area contributed by atoms with Crippen LogP contribution in [0, 0.1) is 0 Å². The van der Waals surface area contributed by atoms with E-state index in [9.17, 15) is 4.79 Å². The van der Waals surface area contributed by atoms with Crippen LogP contribution in [0.25, 0.3) is 5.65 Å². The van der Waals surface area contributed by atoms with Gasteiger partial charge in [0.1, 0.15) is 5.75 Å². The summed E-state index contributed by atoms with van der Waals surface area (Å²) in [6.07, 6.45) is 2.15. The molecule has 23 heavy (non-hydrogen) atoms. The molecule has 1 amide bonds.